The smallest absolute Gasteiger partial charge is 0.265 e. The molecule has 2 aromatic rings. The summed E-state index contributed by atoms with van der Waals surface area (Å²) in [6.07, 6.45) is -0.00415. The van der Waals surface area contributed by atoms with Crippen molar-refractivity contribution in [1.82, 2.24) is 4.72 Å². The van der Waals surface area contributed by atoms with E-state index in [0.717, 1.165) is 0 Å². The average molecular weight is 376 g/mol. The number of ether oxygens (including phenoxy) is 1. The Morgan fingerprint density at radius 1 is 0.962 bits per heavy atom. The van der Waals surface area contributed by atoms with E-state index < -0.39 is 15.9 Å². The van der Waals surface area contributed by atoms with Gasteiger partial charge in [-0.3, -0.25) is 9.59 Å². The van der Waals surface area contributed by atoms with Crippen LogP contribution in [0.25, 0.3) is 0 Å². The molecule has 0 bridgehead atoms. The van der Waals surface area contributed by atoms with Gasteiger partial charge >= 0.3 is 0 Å². The number of sulfonamides is 1. The Balaban J connectivity index is 2.10. The average Bonchev–Trinajstić information content (AvgIpc) is 2.54. The normalized spacial score (nSPS) is 11.1. The topological polar surface area (TPSA) is 102 Å². The summed E-state index contributed by atoms with van der Waals surface area (Å²) in [5.41, 5.74) is 0.656. The van der Waals surface area contributed by atoms with Crippen LogP contribution in [0.4, 0.5) is 5.69 Å². The molecule has 2 amide bonds. The van der Waals surface area contributed by atoms with Crippen molar-refractivity contribution in [2.24, 2.45) is 0 Å². The van der Waals surface area contributed by atoms with Crippen LogP contribution in [0.1, 0.15) is 31.1 Å². The van der Waals surface area contributed by atoms with Gasteiger partial charge in [0.2, 0.25) is 5.91 Å². The molecule has 0 unspecified atom stereocenters. The van der Waals surface area contributed by atoms with Crippen molar-refractivity contribution in [3.8, 4) is 5.75 Å². The summed E-state index contributed by atoms with van der Waals surface area (Å²) < 4.78 is 32.1. The molecule has 0 heterocycles. The molecular formula is C18H20N2O5S. The molecule has 26 heavy (non-hydrogen) atoms. The largest absolute Gasteiger partial charge is 0.491 e. The quantitative estimate of drug-likeness (QED) is 0.807. The lowest BCUT2D eigenvalue weighted by molar-refractivity contribution is -0.114. The SMILES string of the molecule is CC(=O)Nc1ccc(S(=O)(=O)NC(=O)c2ccc(OC(C)C)cc2)cc1. The summed E-state index contributed by atoms with van der Waals surface area (Å²) in [4.78, 5) is 23.1. The van der Waals surface area contributed by atoms with Gasteiger partial charge in [0, 0.05) is 18.2 Å². The van der Waals surface area contributed by atoms with Gasteiger partial charge in [0.05, 0.1) is 11.0 Å². The van der Waals surface area contributed by atoms with E-state index >= 15 is 0 Å². The summed E-state index contributed by atoms with van der Waals surface area (Å²) in [6, 6.07) is 11.7. The maximum atomic E-state index is 12.3. The molecule has 0 saturated carbocycles. The molecule has 2 N–H and O–H groups in total. The molecule has 138 valence electrons. The molecule has 0 aliphatic heterocycles. The zero-order chi connectivity index (χ0) is 19.3. The van der Waals surface area contributed by atoms with Crippen molar-refractivity contribution in [3.05, 3.63) is 54.1 Å². The van der Waals surface area contributed by atoms with Gasteiger partial charge in [-0.1, -0.05) is 0 Å². The molecule has 7 nitrogen and oxygen atoms in total. The van der Waals surface area contributed by atoms with Gasteiger partial charge in [0.15, 0.2) is 0 Å². The highest BCUT2D eigenvalue weighted by molar-refractivity contribution is 7.90. The molecule has 0 atom stereocenters. The fourth-order valence-corrected chi connectivity index (χ4v) is 3.09. The van der Waals surface area contributed by atoms with E-state index in [-0.39, 0.29) is 22.5 Å². The van der Waals surface area contributed by atoms with E-state index in [1.165, 1.54) is 43.3 Å². The molecule has 2 rings (SSSR count). The highest BCUT2D eigenvalue weighted by atomic mass is 32.2. The van der Waals surface area contributed by atoms with Crippen molar-refractivity contribution in [3.63, 3.8) is 0 Å². The molecule has 8 heteroatoms. The Bertz CT molecular complexity index is 888. The zero-order valence-electron chi connectivity index (χ0n) is 14.6. The standard InChI is InChI=1S/C18H20N2O5S/c1-12(2)25-16-8-4-14(5-9-16)18(22)20-26(23,24)17-10-6-15(7-11-17)19-13(3)21/h4-12H,1-3H3,(H,19,21)(H,20,22). The van der Waals surface area contributed by atoms with E-state index in [9.17, 15) is 18.0 Å². The van der Waals surface area contributed by atoms with E-state index in [0.29, 0.717) is 11.4 Å². The number of carbonyl (C=O) groups excluding carboxylic acids is 2. The number of hydrogen-bond acceptors (Lipinski definition) is 5. The molecule has 2 aromatic carbocycles. The van der Waals surface area contributed by atoms with Crippen LogP contribution in [0.15, 0.2) is 53.4 Å². The van der Waals surface area contributed by atoms with Gasteiger partial charge < -0.3 is 10.1 Å². The van der Waals surface area contributed by atoms with E-state index in [1.807, 2.05) is 18.6 Å². The predicted octanol–water partition coefficient (Wildman–Crippen LogP) is 2.55. The van der Waals surface area contributed by atoms with Gasteiger partial charge in [0.1, 0.15) is 5.75 Å². The molecule has 0 radical (unpaired) electrons. The van der Waals surface area contributed by atoms with Gasteiger partial charge in [-0.25, -0.2) is 13.1 Å². The summed E-state index contributed by atoms with van der Waals surface area (Å²) in [5.74, 6) is -0.418. The van der Waals surface area contributed by atoms with Crippen LogP contribution in [-0.2, 0) is 14.8 Å². The summed E-state index contributed by atoms with van der Waals surface area (Å²) in [6.45, 7) is 5.11. The molecule has 0 saturated heterocycles. The maximum absolute atomic E-state index is 12.3. The third-order valence-electron chi connectivity index (χ3n) is 3.20. The first-order chi connectivity index (χ1) is 12.2. The van der Waals surface area contributed by atoms with Gasteiger partial charge in [0.25, 0.3) is 15.9 Å². The lowest BCUT2D eigenvalue weighted by Gasteiger charge is -2.11. The Morgan fingerprint density at radius 3 is 2.04 bits per heavy atom. The molecule has 0 aliphatic rings. The second-order valence-corrected chi connectivity index (χ2v) is 7.51. The number of rotatable bonds is 6. The van der Waals surface area contributed by atoms with Crippen molar-refractivity contribution in [1.29, 1.82) is 0 Å². The third kappa shape index (κ3) is 5.32. The third-order valence-corrected chi connectivity index (χ3v) is 4.55. The second-order valence-electron chi connectivity index (χ2n) is 5.83. The minimum Gasteiger partial charge on any atom is -0.491 e. The van der Waals surface area contributed by atoms with E-state index in [4.69, 9.17) is 4.74 Å². The van der Waals surface area contributed by atoms with Crippen LogP contribution in [-0.4, -0.2) is 26.3 Å². The first-order valence-corrected chi connectivity index (χ1v) is 9.37. The van der Waals surface area contributed by atoms with Gasteiger partial charge in [-0.2, -0.15) is 0 Å². The van der Waals surface area contributed by atoms with Crippen LogP contribution in [0.3, 0.4) is 0 Å². The van der Waals surface area contributed by atoms with Crippen molar-refractivity contribution in [2.45, 2.75) is 31.8 Å². The molecule has 0 fully saturated rings. The lowest BCUT2D eigenvalue weighted by atomic mass is 10.2. The Labute approximate surface area is 152 Å². The summed E-state index contributed by atoms with van der Waals surface area (Å²) >= 11 is 0. The van der Waals surface area contributed by atoms with Crippen molar-refractivity contribution < 1.29 is 22.7 Å². The van der Waals surface area contributed by atoms with Crippen LogP contribution >= 0.6 is 0 Å². The Kier molecular flexibility index (Phi) is 5.99. The Morgan fingerprint density at radius 2 is 1.54 bits per heavy atom. The second kappa shape index (κ2) is 8.01. The van der Waals surface area contributed by atoms with Crippen LogP contribution in [0, 0.1) is 0 Å². The van der Waals surface area contributed by atoms with E-state index in [1.54, 1.807) is 12.1 Å². The van der Waals surface area contributed by atoms with Gasteiger partial charge in [-0.15, -0.1) is 0 Å². The van der Waals surface area contributed by atoms with E-state index in [2.05, 4.69) is 5.32 Å². The summed E-state index contributed by atoms with van der Waals surface area (Å²) in [7, 11) is -4.03. The van der Waals surface area contributed by atoms with Crippen molar-refractivity contribution in [2.75, 3.05) is 5.32 Å². The molecular weight excluding hydrogens is 356 g/mol. The van der Waals surface area contributed by atoms with Gasteiger partial charge in [-0.05, 0) is 62.4 Å². The lowest BCUT2D eigenvalue weighted by Crippen LogP contribution is -2.30. The zero-order valence-corrected chi connectivity index (χ0v) is 15.5. The number of nitrogens with one attached hydrogen (secondary N) is 2. The fourth-order valence-electron chi connectivity index (χ4n) is 2.12. The first kappa shape index (κ1) is 19.5. The number of hydrogen-bond donors (Lipinski definition) is 2. The minimum absolute atomic E-state index is 0.00415. The first-order valence-electron chi connectivity index (χ1n) is 7.89. The number of benzene rings is 2. The Hall–Kier alpha value is -2.87. The number of anilines is 1. The maximum Gasteiger partial charge on any atom is 0.265 e. The molecule has 0 spiro atoms. The fraction of sp³-hybridized carbons (Fsp3) is 0.222. The van der Waals surface area contributed by atoms with Crippen LogP contribution < -0.4 is 14.8 Å². The predicted molar refractivity (Wildman–Crippen MR) is 97.6 cm³/mol. The molecule has 0 aromatic heterocycles. The van der Waals surface area contributed by atoms with Crippen molar-refractivity contribution >= 4 is 27.5 Å². The van der Waals surface area contributed by atoms with Crippen LogP contribution in [0.5, 0.6) is 5.75 Å². The molecule has 0 aliphatic carbocycles. The minimum atomic E-state index is -4.03. The number of amides is 2. The highest BCUT2D eigenvalue weighted by Crippen LogP contribution is 2.16. The monoisotopic (exact) mass is 376 g/mol. The summed E-state index contributed by atoms with van der Waals surface area (Å²) in [5, 5.41) is 2.54. The highest BCUT2D eigenvalue weighted by Gasteiger charge is 2.18. The van der Waals surface area contributed by atoms with Crippen LogP contribution in [0.2, 0.25) is 0 Å². The number of carbonyl (C=O) groups is 2.